The SMILES string of the molecule is C=CCOC(C)C(=O)OCc1nc(-c2ccc(OC)c(OC)c2)no1. The zero-order valence-corrected chi connectivity index (χ0v) is 14.4. The molecule has 8 nitrogen and oxygen atoms in total. The molecule has 1 heterocycles. The van der Waals surface area contributed by atoms with Crippen LogP contribution in [0, 0.1) is 0 Å². The van der Waals surface area contributed by atoms with Crippen molar-refractivity contribution in [2.45, 2.75) is 19.6 Å². The van der Waals surface area contributed by atoms with E-state index in [1.807, 2.05) is 0 Å². The molecule has 2 aromatic rings. The molecule has 2 rings (SSSR count). The van der Waals surface area contributed by atoms with Crippen LogP contribution >= 0.6 is 0 Å². The number of esters is 1. The largest absolute Gasteiger partial charge is 0.493 e. The van der Waals surface area contributed by atoms with Crippen LogP contribution in [0.25, 0.3) is 11.4 Å². The van der Waals surface area contributed by atoms with Crippen molar-refractivity contribution in [1.82, 2.24) is 10.1 Å². The topological polar surface area (TPSA) is 92.9 Å². The third kappa shape index (κ3) is 4.80. The Kier molecular flexibility index (Phi) is 6.53. The van der Waals surface area contributed by atoms with Gasteiger partial charge in [0.05, 0.1) is 20.8 Å². The zero-order chi connectivity index (χ0) is 18.2. The molecule has 8 heteroatoms. The minimum atomic E-state index is -0.703. The summed E-state index contributed by atoms with van der Waals surface area (Å²) in [6, 6.07) is 5.24. The van der Waals surface area contributed by atoms with Gasteiger partial charge in [-0.2, -0.15) is 4.98 Å². The highest BCUT2D eigenvalue weighted by molar-refractivity contribution is 5.74. The molecule has 0 radical (unpaired) electrons. The van der Waals surface area contributed by atoms with Crippen LogP contribution in [0.2, 0.25) is 0 Å². The Morgan fingerprint density at radius 2 is 2.08 bits per heavy atom. The molecule has 0 aliphatic rings. The van der Waals surface area contributed by atoms with Crippen LogP contribution in [0.3, 0.4) is 0 Å². The van der Waals surface area contributed by atoms with Gasteiger partial charge in [0.15, 0.2) is 24.2 Å². The number of nitrogens with zero attached hydrogens (tertiary/aromatic N) is 2. The predicted octanol–water partition coefficient (Wildman–Crippen LogP) is 2.39. The van der Waals surface area contributed by atoms with Gasteiger partial charge in [0, 0.05) is 5.56 Å². The van der Waals surface area contributed by atoms with Crippen LogP contribution in [0.4, 0.5) is 0 Å². The summed E-state index contributed by atoms with van der Waals surface area (Å²) >= 11 is 0. The number of carbonyl (C=O) groups is 1. The Hall–Kier alpha value is -2.87. The van der Waals surface area contributed by atoms with Crippen molar-refractivity contribution in [3.8, 4) is 22.9 Å². The van der Waals surface area contributed by atoms with Crippen molar-refractivity contribution in [1.29, 1.82) is 0 Å². The Morgan fingerprint density at radius 1 is 1.32 bits per heavy atom. The maximum absolute atomic E-state index is 11.8. The molecule has 25 heavy (non-hydrogen) atoms. The van der Waals surface area contributed by atoms with Gasteiger partial charge in [-0.3, -0.25) is 0 Å². The van der Waals surface area contributed by atoms with Crippen molar-refractivity contribution in [3.63, 3.8) is 0 Å². The maximum atomic E-state index is 11.8. The summed E-state index contributed by atoms with van der Waals surface area (Å²) in [5.41, 5.74) is 0.682. The molecule has 0 amide bonds. The first kappa shape index (κ1) is 18.5. The molecular formula is C17H20N2O6. The average molecular weight is 348 g/mol. The van der Waals surface area contributed by atoms with Gasteiger partial charge in [-0.25, -0.2) is 4.79 Å². The summed E-state index contributed by atoms with van der Waals surface area (Å²) in [6.07, 6.45) is 0.850. The van der Waals surface area contributed by atoms with Crippen molar-refractivity contribution in [3.05, 3.63) is 36.7 Å². The van der Waals surface area contributed by atoms with Gasteiger partial charge in [-0.05, 0) is 25.1 Å². The lowest BCUT2D eigenvalue weighted by Crippen LogP contribution is -2.23. The van der Waals surface area contributed by atoms with E-state index in [9.17, 15) is 4.79 Å². The molecule has 0 N–H and O–H groups in total. The van der Waals surface area contributed by atoms with Crippen molar-refractivity contribution < 1.29 is 28.3 Å². The number of hydrogen-bond acceptors (Lipinski definition) is 8. The standard InChI is InChI=1S/C17H20N2O6/c1-5-8-23-11(2)17(20)24-10-15-18-16(19-25-15)12-6-7-13(21-3)14(9-12)22-4/h5-7,9,11H,1,8,10H2,2-4H3. The molecule has 1 aromatic heterocycles. The highest BCUT2D eigenvalue weighted by Crippen LogP contribution is 2.31. The van der Waals surface area contributed by atoms with E-state index in [2.05, 4.69) is 16.7 Å². The molecule has 0 saturated heterocycles. The van der Waals surface area contributed by atoms with E-state index in [1.54, 1.807) is 45.4 Å². The average Bonchev–Trinajstić information content (AvgIpc) is 3.12. The second kappa shape index (κ2) is 8.84. The Labute approximate surface area is 145 Å². The van der Waals surface area contributed by atoms with Crippen LogP contribution in [-0.2, 0) is 20.9 Å². The fraction of sp³-hybridized carbons (Fsp3) is 0.353. The molecule has 1 unspecified atom stereocenters. The van der Waals surface area contributed by atoms with Crippen LogP contribution < -0.4 is 9.47 Å². The monoisotopic (exact) mass is 348 g/mol. The van der Waals surface area contributed by atoms with Gasteiger partial charge in [-0.15, -0.1) is 6.58 Å². The third-order valence-corrected chi connectivity index (χ3v) is 3.24. The number of ether oxygens (including phenoxy) is 4. The molecule has 134 valence electrons. The van der Waals surface area contributed by atoms with Gasteiger partial charge in [0.25, 0.3) is 5.89 Å². The first-order chi connectivity index (χ1) is 12.1. The molecular weight excluding hydrogens is 328 g/mol. The fourth-order valence-electron chi connectivity index (χ4n) is 1.94. The summed E-state index contributed by atoms with van der Waals surface area (Å²) in [5.74, 6) is 1.15. The Bertz CT molecular complexity index is 728. The molecule has 0 aliphatic carbocycles. The summed E-state index contributed by atoms with van der Waals surface area (Å²) in [6.45, 7) is 5.23. The lowest BCUT2D eigenvalue weighted by Gasteiger charge is -2.09. The van der Waals surface area contributed by atoms with Gasteiger partial charge in [-0.1, -0.05) is 11.2 Å². The lowest BCUT2D eigenvalue weighted by atomic mass is 10.2. The summed E-state index contributed by atoms with van der Waals surface area (Å²) in [4.78, 5) is 15.9. The minimum absolute atomic E-state index is 0.138. The molecule has 1 aromatic carbocycles. The zero-order valence-electron chi connectivity index (χ0n) is 14.4. The van der Waals surface area contributed by atoms with Crippen molar-refractivity contribution in [2.24, 2.45) is 0 Å². The van der Waals surface area contributed by atoms with E-state index in [1.165, 1.54) is 0 Å². The van der Waals surface area contributed by atoms with Gasteiger partial charge in [0.2, 0.25) is 5.82 Å². The minimum Gasteiger partial charge on any atom is -0.493 e. The number of rotatable bonds is 9. The molecule has 0 saturated carbocycles. The Morgan fingerprint density at radius 3 is 2.76 bits per heavy atom. The van der Waals surface area contributed by atoms with Crippen LogP contribution in [-0.4, -0.2) is 43.0 Å². The third-order valence-electron chi connectivity index (χ3n) is 3.24. The lowest BCUT2D eigenvalue weighted by molar-refractivity contribution is -0.157. The number of carbonyl (C=O) groups excluding carboxylic acids is 1. The van der Waals surface area contributed by atoms with E-state index < -0.39 is 12.1 Å². The van der Waals surface area contributed by atoms with Crippen LogP contribution in [0.5, 0.6) is 11.5 Å². The molecule has 0 aliphatic heterocycles. The maximum Gasteiger partial charge on any atom is 0.335 e. The van der Waals surface area contributed by atoms with E-state index in [4.69, 9.17) is 23.5 Å². The number of hydrogen-bond donors (Lipinski definition) is 0. The number of aromatic nitrogens is 2. The summed E-state index contributed by atoms with van der Waals surface area (Å²) in [5, 5.41) is 3.87. The Balaban J connectivity index is 2.00. The van der Waals surface area contributed by atoms with E-state index in [0.29, 0.717) is 22.9 Å². The smallest absolute Gasteiger partial charge is 0.335 e. The first-order valence-electron chi connectivity index (χ1n) is 7.53. The predicted molar refractivity (Wildman–Crippen MR) is 88.2 cm³/mol. The van der Waals surface area contributed by atoms with E-state index >= 15 is 0 Å². The van der Waals surface area contributed by atoms with Crippen LogP contribution in [0.1, 0.15) is 12.8 Å². The highest BCUT2D eigenvalue weighted by atomic mass is 16.6. The molecule has 0 fully saturated rings. The summed E-state index contributed by atoms with van der Waals surface area (Å²) in [7, 11) is 3.09. The molecule has 1 atom stereocenters. The number of benzene rings is 1. The van der Waals surface area contributed by atoms with Crippen LogP contribution in [0.15, 0.2) is 35.4 Å². The van der Waals surface area contributed by atoms with E-state index in [0.717, 1.165) is 0 Å². The summed E-state index contributed by atoms with van der Waals surface area (Å²) < 4.78 is 25.8. The number of methoxy groups -OCH3 is 2. The van der Waals surface area contributed by atoms with Gasteiger partial charge < -0.3 is 23.5 Å². The normalized spacial score (nSPS) is 11.6. The van der Waals surface area contributed by atoms with Gasteiger partial charge >= 0.3 is 5.97 Å². The highest BCUT2D eigenvalue weighted by Gasteiger charge is 2.17. The second-order valence-electron chi connectivity index (χ2n) is 4.95. The van der Waals surface area contributed by atoms with Gasteiger partial charge in [0.1, 0.15) is 0 Å². The van der Waals surface area contributed by atoms with Crippen molar-refractivity contribution in [2.75, 3.05) is 20.8 Å². The molecule has 0 bridgehead atoms. The quantitative estimate of drug-likeness (QED) is 0.504. The fourth-order valence-corrected chi connectivity index (χ4v) is 1.94. The second-order valence-corrected chi connectivity index (χ2v) is 4.95. The molecule has 0 spiro atoms. The van der Waals surface area contributed by atoms with Crippen molar-refractivity contribution >= 4 is 5.97 Å². The van der Waals surface area contributed by atoms with E-state index in [-0.39, 0.29) is 19.1 Å². The first-order valence-corrected chi connectivity index (χ1v) is 7.53.